The average molecular weight is 386 g/mol. The topological polar surface area (TPSA) is 54.9 Å². The molecule has 1 unspecified atom stereocenters. The molecule has 0 spiro atoms. The molecule has 1 aliphatic rings. The molecule has 2 heterocycles. The fourth-order valence-electron chi connectivity index (χ4n) is 3.79. The van der Waals surface area contributed by atoms with E-state index < -0.39 is 0 Å². The molecule has 1 amide bonds. The Morgan fingerprint density at radius 1 is 1.27 bits per heavy atom. The highest BCUT2D eigenvalue weighted by Crippen LogP contribution is 2.36. The van der Waals surface area contributed by atoms with Gasteiger partial charge in [0.2, 0.25) is 5.91 Å². The van der Waals surface area contributed by atoms with E-state index in [2.05, 4.69) is 21.4 Å². The molecule has 6 heteroatoms. The molecule has 1 aromatic carbocycles. The molecule has 26 heavy (non-hydrogen) atoms. The van der Waals surface area contributed by atoms with Crippen LogP contribution in [-0.4, -0.2) is 15.9 Å². The molecule has 134 valence electrons. The van der Waals surface area contributed by atoms with Crippen molar-refractivity contribution in [3.63, 3.8) is 0 Å². The lowest BCUT2D eigenvalue weighted by Gasteiger charge is -2.20. The second-order valence-corrected chi connectivity index (χ2v) is 8.52. The summed E-state index contributed by atoms with van der Waals surface area (Å²) in [6.07, 6.45) is 9.18. The molecule has 2 aromatic heterocycles. The minimum atomic E-state index is -0.189. The number of thiazole rings is 1. The van der Waals surface area contributed by atoms with Gasteiger partial charge in [0, 0.05) is 11.6 Å². The molecule has 0 aliphatic heterocycles. The summed E-state index contributed by atoms with van der Waals surface area (Å²) in [5, 5.41) is 4.57. The van der Waals surface area contributed by atoms with Crippen LogP contribution in [0.5, 0.6) is 0 Å². The van der Waals surface area contributed by atoms with Gasteiger partial charge < -0.3 is 5.32 Å². The number of pyridine rings is 1. The highest BCUT2D eigenvalue weighted by atomic mass is 35.5. The molecular formula is C20H20ClN3OS. The number of hydrogen-bond acceptors (Lipinski definition) is 4. The van der Waals surface area contributed by atoms with Crippen molar-refractivity contribution in [2.75, 3.05) is 5.32 Å². The Balaban J connectivity index is 1.62. The molecule has 1 saturated carbocycles. The second-order valence-electron chi connectivity index (χ2n) is 6.85. The van der Waals surface area contributed by atoms with Crippen molar-refractivity contribution in [1.29, 1.82) is 0 Å². The Morgan fingerprint density at radius 2 is 2.12 bits per heavy atom. The zero-order chi connectivity index (χ0) is 17.9. The number of carbonyl (C=O) groups excluding carboxylic acids is 1. The number of carbonyl (C=O) groups is 1. The smallest absolute Gasteiger partial charge is 0.233 e. The number of nitrogens with one attached hydrogen (secondary N) is 1. The summed E-state index contributed by atoms with van der Waals surface area (Å²) >= 11 is 7.23. The van der Waals surface area contributed by atoms with E-state index in [0.717, 1.165) is 22.9 Å². The zero-order valence-electron chi connectivity index (χ0n) is 14.3. The fraction of sp³-hybridized carbons (Fsp3) is 0.350. The van der Waals surface area contributed by atoms with Gasteiger partial charge >= 0.3 is 0 Å². The molecule has 3 aromatic rings. The molecule has 0 radical (unpaired) electrons. The van der Waals surface area contributed by atoms with Gasteiger partial charge in [-0.1, -0.05) is 60.8 Å². The van der Waals surface area contributed by atoms with Crippen LogP contribution in [-0.2, 0) is 4.79 Å². The number of aromatic nitrogens is 2. The Hall–Kier alpha value is -1.98. The van der Waals surface area contributed by atoms with E-state index >= 15 is 0 Å². The van der Waals surface area contributed by atoms with E-state index in [-0.39, 0.29) is 11.8 Å². The standard InChI is InChI=1S/C20H20ClN3OS/c21-18-12-23-20(26-18)24-19(25)16(10-13-4-1-2-5-13)14-7-8-17-15(11-14)6-3-9-22-17/h3,6-9,11-13,16H,1-2,4-5,10H2,(H,23,24,25). The first-order chi connectivity index (χ1) is 12.7. The van der Waals surface area contributed by atoms with Crippen molar-refractivity contribution in [2.45, 2.75) is 38.0 Å². The van der Waals surface area contributed by atoms with Crippen LogP contribution in [0.2, 0.25) is 4.34 Å². The molecule has 1 aliphatic carbocycles. The first-order valence-electron chi connectivity index (χ1n) is 8.96. The number of benzene rings is 1. The SMILES string of the molecule is O=C(Nc1ncc(Cl)s1)C(CC1CCCC1)c1ccc2ncccc2c1. The van der Waals surface area contributed by atoms with Crippen LogP contribution in [0.1, 0.15) is 43.6 Å². The normalized spacial score (nSPS) is 16.0. The van der Waals surface area contributed by atoms with Gasteiger partial charge in [0.1, 0.15) is 4.34 Å². The van der Waals surface area contributed by atoms with E-state index in [1.165, 1.54) is 37.0 Å². The minimum Gasteiger partial charge on any atom is -0.301 e. The van der Waals surface area contributed by atoms with Crippen molar-refractivity contribution in [3.8, 4) is 0 Å². The van der Waals surface area contributed by atoms with Crippen LogP contribution in [0.25, 0.3) is 10.9 Å². The van der Waals surface area contributed by atoms with Gasteiger partial charge in [-0.3, -0.25) is 9.78 Å². The number of halogens is 1. The number of rotatable bonds is 5. The lowest BCUT2D eigenvalue weighted by Crippen LogP contribution is -2.23. The van der Waals surface area contributed by atoms with Crippen molar-refractivity contribution in [1.82, 2.24) is 9.97 Å². The summed E-state index contributed by atoms with van der Waals surface area (Å²) in [5.41, 5.74) is 1.99. The van der Waals surface area contributed by atoms with Gasteiger partial charge in [-0.2, -0.15) is 0 Å². The summed E-state index contributed by atoms with van der Waals surface area (Å²) in [6.45, 7) is 0. The quantitative estimate of drug-likeness (QED) is 0.617. The van der Waals surface area contributed by atoms with Gasteiger partial charge in [0.15, 0.2) is 5.13 Å². The van der Waals surface area contributed by atoms with Gasteiger partial charge in [0.25, 0.3) is 0 Å². The number of nitrogens with zero attached hydrogens (tertiary/aromatic N) is 2. The molecule has 0 bridgehead atoms. The van der Waals surface area contributed by atoms with Crippen LogP contribution in [0, 0.1) is 5.92 Å². The maximum absolute atomic E-state index is 13.0. The Morgan fingerprint density at radius 3 is 2.88 bits per heavy atom. The first kappa shape index (κ1) is 17.4. The summed E-state index contributed by atoms with van der Waals surface area (Å²) in [7, 11) is 0. The highest BCUT2D eigenvalue weighted by molar-refractivity contribution is 7.19. The summed E-state index contributed by atoms with van der Waals surface area (Å²) in [5.74, 6) is 0.409. The van der Waals surface area contributed by atoms with Crippen molar-refractivity contribution in [3.05, 3.63) is 52.6 Å². The van der Waals surface area contributed by atoms with Crippen LogP contribution < -0.4 is 5.32 Å². The van der Waals surface area contributed by atoms with Crippen LogP contribution in [0.3, 0.4) is 0 Å². The third-order valence-electron chi connectivity index (χ3n) is 5.10. The van der Waals surface area contributed by atoms with Crippen LogP contribution >= 0.6 is 22.9 Å². The van der Waals surface area contributed by atoms with E-state index in [4.69, 9.17) is 11.6 Å². The molecule has 0 saturated heterocycles. The minimum absolute atomic E-state index is 0.00819. The maximum atomic E-state index is 13.0. The number of anilines is 1. The lowest BCUT2D eigenvalue weighted by atomic mass is 9.86. The number of fused-ring (bicyclic) bond motifs is 1. The molecule has 1 atom stereocenters. The third-order valence-corrected chi connectivity index (χ3v) is 6.13. The van der Waals surface area contributed by atoms with E-state index in [1.807, 2.05) is 24.3 Å². The van der Waals surface area contributed by atoms with Crippen molar-refractivity contribution < 1.29 is 4.79 Å². The van der Waals surface area contributed by atoms with Crippen molar-refractivity contribution >= 4 is 44.9 Å². The van der Waals surface area contributed by atoms with Gasteiger partial charge in [0.05, 0.1) is 17.6 Å². The summed E-state index contributed by atoms with van der Waals surface area (Å²) in [4.78, 5) is 21.6. The average Bonchev–Trinajstić information content (AvgIpc) is 3.31. The Bertz CT molecular complexity index is 920. The number of amides is 1. The van der Waals surface area contributed by atoms with Gasteiger partial charge in [-0.25, -0.2) is 4.98 Å². The Kier molecular flexibility index (Phi) is 5.18. The Labute approximate surface area is 161 Å². The third kappa shape index (κ3) is 3.89. The predicted molar refractivity (Wildman–Crippen MR) is 107 cm³/mol. The highest BCUT2D eigenvalue weighted by Gasteiger charge is 2.27. The maximum Gasteiger partial charge on any atom is 0.233 e. The summed E-state index contributed by atoms with van der Waals surface area (Å²) < 4.78 is 0.574. The monoisotopic (exact) mass is 385 g/mol. The van der Waals surface area contributed by atoms with E-state index in [1.54, 1.807) is 12.4 Å². The molecule has 1 fully saturated rings. The lowest BCUT2D eigenvalue weighted by molar-refractivity contribution is -0.118. The van der Waals surface area contributed by atoms with Crippen molar-refractivity contribution in [2.24, 2.45) is 5.92 Å². The van der Waals surface area contributed by atoms with Crippen LogP contribution in [0.15, 0.2) is 42.7 Å². The summed E-state index contributed by atoms with van der Waals surface area (Å²) in [6, 6.07) is 10.1. The van der Waals surface area contributed by atoms with E-state index in [9.17, 15) is 4.79 Å². The fourth-order valence-corrected chi connectivity index (χ4v) is 4.60. The number of hydrogen-bond donors (Lipinski definition) is 1. The molecule has 4 nitrogen and oxygen atoms in total. The first-order valence-corrected chi connectivity index (χ1v) is 10.2. The molecule has 1 N–H and O–H groups in total. The second kappa shape index (κ2) is 7.72. The predicted octanol–water partition coefficient (Wildman–Crippen LogP) is 5.65. The largest absolute Gasteiger partial charge is 0.301 e. The van der Waals surface area contributed by atoms with Gasteiger partial charge in [-0.05, 0) is 36.1 Å². The van der Waals surface area contributed by atoms with Crippen LogP contribution in [0.4, 0.5) is 5.13 Å². The zero-order valence-corrected chi connectivity index (χ0v) is 15.9. The van der Waals surface area contributed by atoms with Gasteiger partial charge in [-0.15, -0.1) is 0 Å². The van der Waals surface area contributed by atoms with E-state index in [0.29, 0.717) is 15.4 Å². The molecule has 4 rings (SSSR count). The molecular weight excluding hydrogens is 366 g/mol.